The van der Waals surface area contributed by atoms with Crippen molar-refractivity contribution < 1.29 is 21.6 Å². The Labute approximate surface area is 88.8 Å². The number of hydrogen-bond donors (Lipinski definition) is 0. The molecule has 0 rings (SSSR count). The van der Waals surface area contributed by atoms with Gasteiger partial charge in [-0.3, -0.25) is 0 Å². The topological polar surface area (TPSA) is 34.1 Å². The van der Waals surface area contributed by atoms with E-state index in [0.29, 0.717) is 6.42 Å². The Morgan fingerprint density at radius 3 is 1.80 bits per heavy atom. The number of halogens is 3. The fourth-order valence-electron chi connectivity index (χ4n) is 1.06. The van der Waals surface area contributed by atoms with Crippen molar-refractivity contribution in [1.29, 1.82) is 0 Å². The number of sulfone groups is 1. The summed E-state index contributed by atoms with van der Waals surface area (Å²) in [4.78, 5) is 0. The van der Waals surface area contributed by atoms with Crippen LogP contribution in [0.25, 0.3) is 0 Å². The molecule has 0 aromatic heterocycles. The summed E-state index contributed by atoms with van der Waals surface area (Å²) in [7, 11) is -4.92. The van der Waals surface area contributed by atoms with Gasteiger partial charge in [0, 0.05) is 0 Å². The van der Waals surface area contributed by atoms with Crippen molar-refractivity contribution in [2.24, 2.45) is 5.41 Å². The van der Waals surface area contributed by atoms with Crippen LogP contribution in [0.1, 0.15) is 40.0 Å². The van der Waals surface area contributed by atoms with Gasteiger partial charge in [-0.05, 0) is 18.3 Å². The van der Waals surface area contributed by atoms with Gasteiger partial charge in [-0.15, -0.1) is 0 Å². The van der Waals surface area contributed by atoms with E-state index >= 15 is 0 Å². The van der Waals surface area contributed by atoms with Crippen LogP contribution in [-0.4, -0.2) is 19.7 Å². The van der Waals surface area contributed by atoms with Crippen LogP contribution in [0, 0.1) is 5.41 Å². The molecule has 0 fully saturated rings. The van der Waals surface area contributed by atoms with Gasteiger partial charge in [0.1, 0.15) is 0 Å². The normalized spacial score (nSPS) is 14.3. The van der Waals surface area contributed by atoms with Crippen molar-refractivity contribution in [3.05, 3.63) is 0 Å². The van der Waals surface area contributed by atoms with Gasteiger partial charge in [0.15, 0.2) is 0 Å². The summed E-state index contributed by atoms with van der Waals surface area (Å²) < 4.78 is 57.0. The van der Waals surface area contributed by atoms with Gasteiger partial charge >= 0.3 is 5.51 Å². The van der Waals surface area contributed by atoms with Crippen LogP contribution >= 0.6 is 0 Å². The van der Waals surface area contributed by atoms with Crippen LogP contribution in [0.15, 0.2) is 0 Å². The van der Waals surface area contributed by atoms with E-state index in [1.54, 1.807) is 0 Å². The lowest BCUT2D eigenvalue weighted by Crippen LogP contribution is -2.26. The summed E-state index contributed by atoms with van der Waals surface area (Å²) in [6.45, 7) is 5.89. The van der Waals surface area contributed by atoms with E-state index in [1.165, 1.54) is 0 Å². The summed E-state index contributed by atoms with van der Waals surface area (Å²) in [5, 5.41) is 0. The van der Waals surface area contributed by atoms with Crippen molar-refractivity contribution in [2.45, 2.75) is 45.5 Å². The van der Waals surface area contributed by atoms with E-state index in [9.17, 15) is 21.6 Å². The first kappa shape index (κ1) is 14.7. The average Bonchev–Trinajstić information content (AvgIpc) is 1.94. The molecule has 0 saturated carbocycles. The lowest BCUT2D eigenvalue weighted by atomic mass is 9.90. The van der Waals surface area contributed by atoms with Crippen LogP contribution in [-0.2, 0) is 9.84 Å². The highest BCUT2D eigenvalue weighted by molar-refractivity contribution is 7.92. The molecule has 0 aliphatic rings. The monoisotopic (exact) mass is 246 g/mol. The molecule has 0 heterocycles. The maximum Gasteiger partial charge on any atom is 0.497 e. The molecule has 0 saturated heterocycles. The molecular formula is C9H17F3O2S. The lowest BCUT2D eigenvalue weighted by Gasteiger charge is -2.17. The van der Waals surface area contributed by atoms with Gasteiger partial charge in [-0.1, -0.05) is 27.2 Å². The molecule has 0 N–H and O–H groups in total. The SMILES string of the molecule is CC(C)(C)CCCCS(=O)(=O)C(F)(F)F. The van der Waals surface area contributed by atoms with Crippen LogP contribution in [0.5, 0.6) is 0 Å². The fraction of sp³-hybridized carbons (Fsp3) is 1.00. The van der Waals surface area contributed by atoms with Gasteiger partial charge in [-0.2, -0.15) is 13.2 Å². The van der Waals surface area contributed by atoms with E-state index < -0.39 is 21.1 Å². The summed E-state index contributed by atoms with van der Waals surface area (Å²) in [6, 6.07) is 0. The smallest absolute Gasteiger partial charge is 0.220 e. The van der Waals surface area contributed by atoms with Crippen molar-refractivity contribution in [3.8, 4) is 0 Å². The standard InChI is InChI=1S/C9H17F3O2S/c1-8(2,3)6-4-5-7-15(13,14)9(10,11)12/h4-7H2,1-3H3. The first-order valence-electron chi connectivity index (χ1n) is 4.75. The second-order valence-electron chi connectivity index (χ2n) is 4.78. The molecule has 0 aliphatic heterocycles. The molecular weight excluding hydrogens is 229 g/mol. The predicted octanol–water partition coefficient (Wildman–Crippen LogP) is 3.14. The van der Waals surface area contributed by atoms with E-state index in [0.717, 1.165) is 6.42 Å². The van der Waals surface area contributed by atoms with Crippen molar-refractivity contribution in [2.75, 3.05) is 5.75 Å². The molecule has 0 aromatic rings. The van der Waals surface area contributed by atoms with Gasteiger partial charge < -0.3 is 0 Å². The van der Waals surface area contributed by atoms with E-state index in [2.05, 4.69) is 0 Å². The maximum absolute atomic E-state index is 11.9. The number of rotatable bonds is 4. The van der Waals surface area contributed by atoms with E-state index in [4.69, 9.17) is 0 Å². The highest BCUT2D eigenvalue weighted by Crippen LogP contribution is 2.26. The van der Waals surface area contributed by atoms with Crippen LogP contribution in [0.4, 0.5) is 13.2 Å². The molecule has 92 valence electrons. The molecule has 6 heteroatoms. The third kappa shape index (κ3) is 6.02. The Balaban J connectivity index is 3.99. The highest BCUT2D eigenvalue weighted by Gasteiger charge is 2.44. The zero-order valence-corrected chi connectivity index (χ0v) is 10.0. The number of unbranched alkanes of at least 4 members (excludes halogenated alkanes) is 1. The first-order chi connectivity index (χ1) is 6.46. The maximum atomic E-state index is 11.9. The fourth-order valence-corrected chi connectivity index (χ4v) is 1.88. The van der Waals surface area contributed by atoms with Gasteiger partial charge in [0.2, 0.25) is 9.84 Å². The molecule has 0 amide bonds. The van der Waals surface area contributed by atoms with Gasteiger partial charge in [0.05, 0.1) is 5.75 Å². The van der Waals surface area contributed by atoms with Gasteiger partial charge in [-0.25, -0.2) is 8.42 Å². The minimum absolute atomic E-state index is 0.0298. The summed E-state index contributed by atoms with van der Waals surface area (Å²) in [6.07, 6.45) is 1.29. The largest absolute Gasteiger partial charge is 0.497 e. The van der Waals surface area contributed by atoms with Crippen molar-refractivity contribution in [3.63, 3.8) is 0 Å². The lowest BCUT2D eigenvalue weighted by molar-refractivity contribution is -0.0435. The summed E-state index contributed by atoms with van der Waals surface area (Å²) >= 11 is 0. The zero-order valence-electron chi connectivity index (χ0n) is 9.19. The third-order valence-corrected chi connectivity index (χ3v) is 3.47. The Kier molecular flexibility index (Phi) is 4.64. The average molecular weight is 246 g/mol. The summed E-state index contributed by atoms with van der Waals surface area (Å²) in [5.41, 5.74) is -5.07. The first-order valence-corrected chi connectivity index (χ1v) is 6.40. The Bertz CT molecular complexity index is 285. The minimum atomic E-state index is -5.10. The van der Waals surface area contributed by atoms with E-state index in [-0.39, 0.29) is 11.8 Å². The quantitative estimate of drug-likeness (QED) is 0.714. The molecule has 0 atom stereocenters. The van der Waals surface area contributed by atoms with Crippen LogP contribution in [0.2, 0.25) is 0 Å². The molecule has 0 spiro atoms. The Morgan fingerprint density at radius 1 is 1.00 bits per heavy atom. The zero-order chi connectivity index (χ0) is 12.3. The molecule has 0 bridgehead atoms. The van der Waals surface area contributed by atoms with Crippen molar-refractivity contribution in [1.82, 2.24) is 0 Å². The van der Waals surface area contributed by atoms with Crippen LogP contribution < -0.4 is 0 Å². The predicted molar refractivity (Wildman–Crippen MR) is 53.1 cm³/mol. The second kappa shape index (κ2) is 4.72. The highest BCUT2D eigenvalue weighted by atomic mass is 32.2. The molecule has 0 radical (unpaired) electrons. The Hall–Kier alpha value is -0.260. The van der Waals surface area contributed by atoms with Gasteiger partial charge in [0.25, 0.3) is 0 Å². The molecule has 0 aromatic carbocycles. The summed E-state index contributed by atoms with van der Waals surface area (Å²) in [5.74, 6) is -0.799. The molecule has 0 unspecified atom stereocenters. The second-order valence-corrected chi connectivity index (χ2v) is 6.88. The molecule has 2 nitrogen and oxygen atoms in total. The third-order valence-electron chi connectivity index (χ3n) is 1.94. The van der Waals surface area contributed by atoms with Crippen molar-refractivity contribution >= 4 is 9.84 Å². The van der Waals surface area contributed by atoms with E-state index in [1.807, 2.05) is 20.8 Å². The number of alkyl halides is 3. The van der Waals surface area contributed by atoms with Crippen LogP contribution in [0.3, 0.4) is 0 Å². The molecule has 15 heavy (non-hydrogen) atoms. The number of hydrogen-bond acceptors (Lipinski definition) is 2. The minimum Gasteiger partial charge on any atom is -0.220 e. The molecule has 0 aliphatic carbocycles. The Morgan fingerprint density at radius 2 is 1.47 bits per heavy atom.